The van der Waals surface area contributed by atoms with E-state index in [1.54, 1.807) is 6.07 Å². The number of nitrogens with one attached hydrogen (secondary N) is 2. The van der Waals surface area contributed by atoms with Crippen LogP contribution in [0.2, 0.25) is 0 Å². The highest BCUT2D eigenvalue weighted by atomic mass is 32.2. The number of para-hydroxylation sites is 2. The Morgan fingerprint density at radius 2 is 1.82 bits per heavy atom. The van der Waals surface area contributed by atoms with Gasteiger partial charge in [-0.15, -0.1) is 0 Å². The molecular weight excluding hydrogens is 386 g/mol. The zero-order valence-electron chi connectivity index (χ0n) is 16.1. The summed E-state index contributed by atoms with van der Waals surface area (Å²) in [5.41, 5.74) is 0. The Morgan fingerprint density at radius 1 is 1.14 bits per heavy atom. The summed E-state index contributed by atoms with van der Waals surface area (Å²) >= 11 is 0. The first-order valence-electron chi connectivity index (χ1n) is 9.37. The van der Waals surface area contributed by atoms with Crippen LogP contribution >= 0.6 is 0 Å². The standard InChI is InChI=1S/C18H27N3O6S/c1-13-10-21(11-14(2)26-13)28(23,24)8-7-19-18(22)20-9-15-12-25-16-5-3-4-6-17(16)27-15/h3-6,13-15H,7-12H2,1-2H3,(H2,19,20,22)/t13-,14+,15-/m0/s1. The van der Waals surface area contributed by atoms with E-state index in [9.17, 15) is 13.2 Å². The Labute approximate surface area is 165 Å². The topological polar surface area (TPSA) is 106 Å². The fraction of sp³-hybridized carbons (Fsp3) is 0.611. The van der Waals surface area contributed by atoms with Crippen molar-refractivity contribution in [2.24, 2.45) is 0 Å². The van der Waals surface area contributed by atoms with E-state index in [-0.39, 0.29) is 37.2 Å². The Morgan fingerprint density at radius 3 is 2.54 bits per heavy atom. The molecule has 0 aliphatic carbocycles. The molecule has 1 aromatic rings. The molecule has 0 radical (unpaired) electrons. The van der Waals surface area contributed by atoms with E-state index in [1.807, 2.05) is 32.0 Å². The van der Waals surface area contributed by atoms with Crippen LogP contribution in [0.25, 0.3) is 0 Å². The van der Waals surface area contributed by atoms with Crippen LogP contribution in [0.4, 0.5) is 4.79 Å². The molecule has 9 nitrogen and oxygen atoms in total. The van der Waals surface area contributed by atoms with Gasteiger partial charge in [0.15, 0.2) is 17.6 Å². The van der Waals surface area contributed by atoms with Crippen molar-refractivity contribution in [2.75, 3.05) is 38.5 Å². The molecule has 0 bridgehead atoms. The van der Waals surface area contributed by atoms with E-state index in [1.165, 1.54) is 4.31 Å². The summed E-state index contributed by atoms with van der Waals surface area (Å²) in [6.07, 6.45) is -0.587. The molecule has 3 atom stereocenters. The lowest BCUT2D eigenvalue weighted by molar-refractivity contribution is -0.0440. The highest BCUT2D eigenvalue weighted by Crippen LogP contribution is 2.30. The molecule has 0 saturated carbocycles. The first-order valence-corrected chi connectivity index (χ1v) is 11.0. The summed E-state index contributed by atoms with van der Waals surface area (Å²) in [6.45, 7) is 4.97. The van der Waals surface area contributed by atoms with E-state index in [2.05, 4.69) is 10.6 Å². The third kappa shape index (κ3) is 5.49. The Bertz CT molecular complexity index is 777. The number of benzene rings is 1. The zero-order chi connectivity index (χ0) is 20.1. The molecule has 2 aliphatic heterocycles. The van der Waals surface area contributed by atoms with Crippen molar-refractivity contribution in [3.05, 3.63) is 24.3 Å². The maximum atomic E-state index is 12.4. The first kappa shape index (κ1) is 20.7. The second kappa shape index (κ2) is 8.97. The molecule has 10 heteroatoms. The molecule has 2 amide bonds. The number of sulfonamides is 1. The molecule has 2 heterocycles. The van der Waals surface area contributed by atoms with Crippen molar-refractivity contribution >= 4 is 16.1 Å². The molecule has 0 spiro atoms. The number of ether oxygens (including phenoxy) is 3. The van der Waals surface area contributed by atoms with Crippen LogP contribution < -0.4 is 20.1 Å². The second-order valence-corrected chi connectivity index (χ2v) is 9.11. The third-order valence-electron chi connectivity index (χ3n) is 4.48. The van der Waals surface area contributed by atoms with Crippen molar-refractivity contribution < 1.29 is 27.4 Å². The van der Waals surface area contributed by atoms with Gasteiger partial charge in [0.25, 0.3) is 0 Å². The largest absolute Gasteiger partial charge is 0.486 e. The lowest BCUT2D eigenvalue weighted by Crippen LogP contribution is -2.50. The highest BCUT2D eigenvalue weighted by Gasteiger charge is 2.30. The quantitative estimate of drug-likeness (QED) is 0.706. The number of carbonyl (C=O) groups is 1. The van der Waals surface area contributed by atoms with Gasteiger partial charge in [-0.3, -0.25) is 0 Å². The Hall–Kier alpha value is -2.04. The number of hydrogen-bond acceptors (Lipinski definition) is 6. The number of urea groups is 1. The van der Waals surface area contributed by atoms with Gasteiger partial charge in [0.2, 0.25) is 10.0 Å². The maximum absolute atomic E-state index is 12.4. The van der Waals surface area contributed by atoms with Crippen LogP contribution in [0.3, 0.4) is 0 Å². The van der Waals surface area contributed by atoms with Crippen LogP contribution in [0, 0.1) is 0 Å². The molecule has 1 fully saturated rings. The van der Waals surface area contributed by atoms with Crippen molar-refractivity contribution in [3.63, 3.8) is 0 Å². The number of fused-ring (bicyclic) bond motifs is 1. The maximum Gasteiger partial charge on any atom is 0.314 e. The molecule has 156 valence electrons. The number of amides is 2. The van der Waals surface area contributed by atoms with Crippen LogP contribution in [0.5, 0.6) is 11.5 Å². The fourth-order valence-electron chi connectivity index (χ4n) is 3.21. The predicted octanol–water partition coefficient (Wildman–Crippen LogP) is 0.565. The van der Waals surface area contributed by atoms with Gasteiger partial charge in [-0.1, -0.05) is 12.1 Å². The molecule has 1 saturated heterocycles. The normalized spacial score (nSPS) is 25.1. The summed E-state index contributed by atoms with van der Waals surface area (Å²) in [5.74, 6) is 1.16. The molecule has 1 aromatic carbocycles. The van der Waals surface area contributed by atoms with E-state index >= 15 is 0 Å². The minimum absolute atomic E-state index is 0.0269. The number of nitrogens with zero attached hydrogens (tertiary/aromatic N) is 1. The van der Waals surface area contributed by atoms with Gasteiger partial charge in [-0.05, 0) is 26.0 Å². The van der Waals surface area contributed by atoms with Crippen LogP contribution in [-0.4, -0.2) is 75.6 Å². The molecule has 0 unspecified atom stereocenters. The molecule has 28 heavy (non-hydrogen) atoms. The van der Waals surface area contributed by atoms with Gasteiger partial charge in [0, 0.05) is 19.6 Å². The number of hydrogen-bond donors (Lipinski definition) is 2. The Kier molecular flexibility index (Phi) is 6.63. The van der Waals surface area contributed by atoms with Gasteiger partial charge in [-0.2, -0.15) is 4.31 Å². The highest BCUT2D eigenvalue weighted by molar-refractivity contribution is 7.89. The molecule has 2 aliphatic rings. The predicted molar refractivity (Wildman–Crippen MR) is 103 cm³/mol. The molecule has 2 N–H and O–H groups in total. The summed E-state index contributed by atoms with van der Waals surface area (Å²) < 4.78 is 43.2. The number of morpholine rings is 1. The average Bonchev–Trinajstić information content (AvgIpc) is 2.65. The van der Waals surface area contributed by atoms with Crippen LogP contribution in [-0.2, 0) is 14.8 Å². The number of rotatable bonds is 6. The van der Waals surface area contributed by atoms with Crippen molar-refractivity contribution in [1.82, 2.24) is 14.9 Å². The average molecular weight is 413 g/mol. The smallest absolute Gasteiger partial charge is 0.314 e. The second-order valence-electron chi connectivity index (χ2n) is 7.02. The van der Waals surface area contributed by atoms with Crippen LogP contribution in [0.1, 0.15) is 13.8 Å². The van der Waals surface area contributed by atoms with E-state index in [4.69, 9.17) is 14.2 Å². The van der Waals surface area contributed by atoms with Crippen LogP contribution in [0.15, 0.2) is 24.3 Å². The van der Waals surface area contributed by atoms with Gasteiger partial charge in [0.1, 0.15) is 6.61 Å². The number of carbonyl (C=O) groups excluding carboxylic acids is 1. The van der Waals surface area contributed by atoms with Crippen molar-refractivity contribution in [1.29, 1.82) is 0 Å². The first-order chi connectivity index (χ1) is 13.3. The molecule has 0 aromatic heterocycles. The Balaban J connectivity index is 1.38. The van der Waals surface area contributed by atoms with E-state index in [0.717, 1.165) is 0 Å². The van der Waals surface area contributed by atoms with E-state index < -0.39 is 16.1 Å². The van der Waals surface area contributed by atoms with Gasteiger partial charge in [-0.25, -0.2) is 13.2 Å². The van der Waals surface area contributed by atoms with Gasteiger partial charge >= 0.3 is 6.03 Å². The van der Waals surface area contributed by atoms with E-state index in [0.29, 0.717) is 31.2 Å². The summed E-state index contributed by atoms with van der Waals surface area (Å²) in [7, 11) is -3.45. The fourth-order valence-corrected chi connectivity index (χ4v) is 4.71. The third-order valence-corrected chi connectivity index (χ3v) is 6.29. The monoisotopic (exact) mass is 413 g/mol. The molecular formula is C18H27N3O6S. The lowest BCUT2D eigenvalue weighted by Gasteiger charge is -2.34. The van der Waals surface area contributed by atoms with Crippen molar-refractivity contribution in [2.45, 2.75) is 32.2 Å². The minimum atomic E-state index is -3.45. The summed E-state index contributed by atoms with van der Waals surface area (Å²) in [4.78, 5) is 12.0. The zero-order valence-corrected chi connectivity index (χ0v) is 16.9. The van der Waals surface area contributed by atoms with Crippen molar-refractivity contribution in [3.8, 4) is 11.5 Å². The van der Waals surface area contributed by atoms with Gasteiger partial charge in [0.05, 0.1) is 24.5 Å². The summed E-state index contributed by atoms with van der Waals surface area (Å²) in [5, 5.41) is 5.26. The SMILES string of the molecule is C[C@@H]1CN(S(=O)(=O)CCNC(=O)NC[C@H]2COc3ccccc3O2)C[C@H](C)O1. The molecule has 3 rings (SSSR count). The van der Waals surface area contributed by atoms with Gasteiger partial charge < -0.3 is 24.8 Å². The summed E-state index contributed by atoms with van der Waals surface area (Å²) in [6, 6.07) is 6.89. The lowest BCUT2D eigenvalue weighted by atomic mass is 10.2. The minimum Gasteiger partial charge on any atom is -0.486 e.